The van der Waals surface area contributed by atoms with Crippen LogP contribution in [0, 0.1) is 15.9 Å². The molecule has 13 heavy (non-hydrogen) atoms. The van der Waals surface area contributed by atoms with Gasteiger partial charge in [0.25, 0.3) is 5.69 Å². The fourth-order valence-electron chi connectivity index (χ4n) is 0.599. The first kappa shape index (κ1) is 12.0. The Kier molecular flexibility index (Phi) is 5.22. The zero-order valence-electron chi connectivity index (χ0n) is 7.25. The van der Waals surface area contributed by atoms with Crippen molar-refractivity contribution in [3.8, 4) is 0 Å². The highest BCUT2D eigenvalue weighted by molar-refractivity contribution is 9.10. The molecule has 3 nitrogen and oxygen atoms in total. The average Bonchev–Trinajstić information content (AvgIpc) is 2.13. The Bertz CT molecular complexity index is 304. The molecule has 0 aliphatic heterocycles. The maximum absolute atomic E-state index is 12.5. The Labute approximate surface area is 83.9 Å². The van der Waals surface area contributed by atoms with Gasteiger partial charge in [-0.05, 0) is 22.0 Å². The molecule has 0 fully saturated rings. The SMILES string of the molecule is CC.O=[N+]([O-])c1ccc(F)c(Br)c1. The van der Waals surface area contributed by atoms with Crippen LogP contribution in [-0.4, -0.2) is 4.92 Å². The van der Waals surface area contributed by atoms with Crippen molar-refractivity contribution in [2.75, 3.05) is 0 Å². The van der Waals surface area contributed by atoms with E-state index >= 15 is 0 Å². The molecule has 0 aromatic heterocycles. The standard InChI is InChI=1S/C6H3BrFNO2.C2H6/c7-5-3-4(9(10)11)1-2-6(5)8;1-2/h1-3H;1-2H3. The van der Waals surface area contributed by atoms with E-state index in [0.29, 0.717) is 0 Å². The smallest absolute Gasteiger partial charge is 0.258 e. The Morgan fingerprint density at radius 3 is 2.38 bits per heavy atom. The number of nitro groups is 1. The lowest BCUT2D eigenvalue weighted by Crippen LogP contribution is -1.88. The minimum absolute atomic E-state index is 0.103. The van der Waals surface area contributed by atoms with Gasteiger partial charge in [-0.2, -0.15) is 0 Å². The van der Waals surface area contributed by atoms with Gasteiger partial charge in [-0.15, -0.1) is 0 Å². The van der Waals surface area contributed by atoms with Gasteiger partial charge in [0.05, 0.1) is 9.40 Å². The zero-order valence-corrected chi connectivity index (χ0v) is 8.84. The first-order valence-electron chi connectivity index (χ1n) is 3.70. The predicted molar refractivity (Wildman–Crippen MR) is 52.1 cm³/mol. The van der Waals surface area contributed by atoms with E-state index in [1.54, 1.807) is 0 Å². The van der Waals surface area contributed by atoms with Gasteiger partial charge >= 0.3 is 0 Å². The van der Waals surface area contributed by atoms with Crippen molar-refractivity contribution in [1.29, 1.82) is 0 Å². The Morgan fingerprint density at radius 2 is 2.00 bits per heavy atom. The number of halogens is 2. The molecule has 0 bridgehead atoms. The van der Waals surface area contributed by atoms with Crippen LogP contribution in [0.5, 0.6) is 0 Å². The second-order valence-corrected chi connectivity index (χ2v) is 2.71. The molecule has 0 saturated heterocycles. The van der Waals surface area contributed by atoms with Gasteiger partial charge in [0.15, 0.2) is 0 Å². The average molecular weight is 250 g/mol. The van der Waals surface area contributed by atoms with Gasteiger partial charge < -0.3 is 0 Å². The summed E-state index contributed by atoms with van der Waals surface area (Å²) < 4.78 is 12.6. The van der Waals surface area contributed by atoms with E-state index in [1.807, 2.05) is 13.8 Å². The van der Waals surface area contributed by atoms with Crippen LogP contribution in [0.3, 0.4) is 0 Å². The summed E-state index contributed by atoms with van der Waals surface area (Å²) in [5, 5.41) is 10.1. The Balaban J connectivity index is 0.000000671. The molecule has 72 valence electrons. The van der Waals surface area contributed by atoms with Crippen LogP contribution in [0.25, 0.3) is 0 Å². The summed E-state index contributed by atoms with van der Waals surface area (Å²) in [5.41, 5.74) is -0.127. The minimum atomic E-state index is -0.579. The molecular formula is C8H9BrFNO2. The number of nitrogens with zero attached hydrogens (tertiary/aromatic N) is 1. The number of nitro benzene ring substituents is 1. The van der Waals surface area contributed by atoms with Crippen LogP contribution in [0.1, 0.15) is 13.8 Å². The Morgan fingerprint density at radius 1 is 1.46 bits per heavy atom. The third-order valence-corrected chi connectivity index (χ3v) is 1.72. The van der Waals surface area contributed by atoms with Crippen LogP contribution in [0.2, 0.25) is 0 Å². The van der Waals surface area contributed by atoms with E-state index in [9.17, 15) is 14.5 Å². The van der Waals surface area contributed by atoms with Crippen molar-refractivity contribution < 1.29 is 9.31 Å². The number of hydrogen-bond donors (Lipinski definition) is 0. The number of non-ortho nitro benzene ring substituents is 1. The maximum Gasteiger partial charge on any atom is 0.270 e. The van der Waals surface area contributed by atoms with Crippen molar-refractivity contribution >= 4 is 21.6 Å². The highest BCUT2D eigenvalue weighted by Crippen LogP contribution is 2.20. The quantitative estimate of drug-likeness (QED) is 0.565. The van der Waals surface area contributed by atoms with E-state index in [4.69, 9.17) is 0 Å². The predicted octanol–water partition coefficient (Wildman–Crippen LogP) is 3.52. The molecular weight excluding hydrogens is 241 g/mol. The summed E-state index contributed by atoms with van der Waals surface area (Å²) in [5.74, 6) is -0.504. The largest absolute Gasteiger partial charge is 0.270 e. The summed E-state index contributed by atoms with van der Waals surface area (Å²) in [6.45, 7) is 4.00. The lowest BCUT2D eigenvalue weighted by Gasteiger charge is -1.92. The number of rotatable bonds is 1. The molecule has 0 spiro atoms. The normalized spacial score (nSPS) is 8.62. The van der Waals surface area contributed by atoms with Crippen LogP contribution in [0.4, 0.5) is 10.1 Å². The van der Waals surface area contributed by atoms with Crippen LogP contribution < -0.4 is 0 Å². The van der Waals surface area contributed by atoms with Gasteiger partial charge in [-0.25, -0.2) is 4.39 Å². The molecule has 1 aromatic rings. The first-order chi connectivity index (χ1) is 6.11. The van der Waals surface area contributed by atoms with E-state index in [-0.39, 0.29) is 10.2 Å². The maximum atomic E-state index is 12.5. The van der Waals surface area contributed by atoms with Crippen molar-refractivity contribution in [2.45, 2.75) is 13.8 Å². The third kappa shape index (κ3) is 3.50. The van der Waals surface area contributed by atoms with Crippen molar-refractivity contribution in [3.63, 3.8) is 0 Å². The second kappa shape index (κ2) is 5.64. The summed E-state index contributed by atoms with van der Waals surface area (Å²) in [4.78, 5) is 9.55. The summed E-state index contributed by atoms with van der Waals surface area (Å²) in [6, 6.07) is 3.28. The topological polar surface area (TPSA) is 43.1 Å². The van der Waals surface area contributed by atoms with Crippen molar-refractivity contribution in [3.05, 3.63) is 38.6 Å². The monoisotopic (exact) mass is 249 g/mol. The molecule has 5 heteroatoms. The first-order valence-corrected chi connectivity index (χ1v) is 4.50. The molecule has 0 heterocycles. The minimum Gasteiger partial charge on any atom is -0.258 e. The van der Waals surface area contributed by atoms with Crippen LogP contribution in [0.15, 0.2) is 22.7 Å². The number of benzene rings is 1. The summed E-state index contributed by atoms with van der Waals surface area (Å²) in [7, 11) is 0. The van der Waals surface area contributed by atoms with E-state index in [2.05, 4.69) is 15.9 Å². The molecule has 0 atom stereocenters. The van der Waals surface area contributed by atoms with Crippen molar-refractivity contribution in [2.24, 2.45) is 0 Å². The van der Waals surface area contributed by atoms with Gasteiger partial charge in [-0.3, -0.25) is 10.1 Å². The van der Waals surface area contributed by atoms with Gasteiger partial charge in [0.2, 0.25) is 0 Å². The summed E-state index contributed by atoms with van der Waals surface area (Å²) in [6.07, 6.45) is 0. The van der Waals surface area contributed by atoms with Gasteiger partial charge in [0.1, 0.15) is 5.82 Å². The highest BCUT2D eigenvalue weighted by atomic mass is 79.9. The fraction of sp³-hybridized carbons (Fsp3) is 0.250. The number of hydrogen-bond acceptors (Lipinski definition) is 2. The molecule has 1 aromatic carbocycles. The molecule has 0 aliphatic rings. The third-order valence-electron chi connectivity index (χ3n) is 1.11. The molecule has 0 N–H and O–H groups in total. The summed E-state index contributed by atoms with van der Waals surface area (Å²) >= 11 is 2.83. The molecule has 0 saturated carbocycles. The van der Waals surface area contributed by atoms with E-state index < -0.39 is 10.7 Å². The second-order valence-electron chi connectivity index (χ2n) is 1.86. The van der Waals surface area contributed by atoms with Crippen LogP contribution in [-0.2, 0) is 0 Å². The van der Waals surface area contributed by atoms with Crippen LogP contribution >= 0.6 is 15.9 Å². The fourth-order valence-corrected chi connectivity index (χ4v) is 0.965. The van der Waals surface area contributed by atoms with E-state index in [1.165, 1.54) is 0 Å². The van der Waals surface area contributed by atoms with Crippen molar-refractivity contribution in [1.82, 2.24) is 0 Å². The zero-order chi connectivity index (χ0) is 10.4. The van der Waals surface area contributed by atoms with E-state index in [0.717, 1.165) is 18.2 Å². The Hall–Kier alpha value is -0.970. The molecule has 0 unspecified atom stereocenters. The lowest BCUT2D eigenvalue weighted by atomic mass is 10.3. The van der Waals surface area contributed by atoms with Gasteiger partial charge in [0, 0.05) is 12.1 Å². The molecule has 0 amide bonds. The molecule has 1 rings (SSSR count). The molecule has 0 aliphatic carbocycles. The van der Waals surface area contributed by atoms with Gasteiger partial charge in [-0.1, -0.05) is 13.8 Å². The lowest BCUT2D eigenvalue weighted by molar-refractivity contribution is -0.385. The highest BCUT2D eigenvalue weighted by Gasteiger charge is 2.07. The molecule has 0 radical (unpaired) electrons.